The predicted molar refractivity (Wildman–Crippen MR) is 81.8 cm³/mol. The zero-order valence-corrected chi connectivity index (χ0v) is 12.2. The van der Waals surface area contributed by atoms with Crippen LogP contribution in [0.4, 0.5) is 5.69 Å². The van der Waals surface area contributed by atoms with Crippen molar-refractivity contribution in [2.45, 2.75) is 19.8 Å². The monoisotopic (exact) mass is 285 g/mol. The molecule has 0 unspecified atom stereocenters. The first kappa shape index (κ1) is 15.1. The SMILES string of the molecule is COc1ccc(N(O)C(C)=O)c(CCc2ccccc2)c1. The van der Waals surface area contributed by atoms with E-state index < -0.39 is 5.91 Å². The van der Waals surface area contributed by atoms with Crippen LogP contribution in [-0.4, -0.2) is 18.2 Å². The first-order valence-electron chi connectivity index (χ1n) is 6.82. The predicted octanol–water partition coefficient (Wildman–Crippen LogP) is 3.22. The zero-order chi connectivity index (χ0) is 15.2. The highest BCUT2D eigenvalue weighted by Crippen LogP contribution is 2.26. The smallest absolute Gasteiger partial charge is 0.247 e. The number of hydrogen-bond donors (Lipinski definition) is 1. The van der Waals surface area contributed by atoms with Crippen LogP contribution < -0.4 is 9.80 Å². The fourth-order valence-corrected chi connectivity index (χ4v) is 2.19. The third-order valence-electron chi connectivity index (χ3n) is 3.34. The summed E-state index contributed by atoms with van der Waals surface area (Å²) in [6.45, 7) is 1.32. The summed E-state index contributed by atoms with van der Waals surface area (Å²) in [5, 5.41) is 10.6. The maximum Gasteiger partial charge on any atom is 0.247 e. The van der Waals surface area contributed by atoms with Crippen molar-refractivity contribution in [3.05, 3.63) is 59.7 Å². The molecule has 0 aliphatic carbocycles. The summed E-state index contributed by atoms with van der Waals surface area (Å²) in [6.07, 6.45) is 1.54. The molecule has 21 heavy (non-hydrogen) atoms. The van der Waals surface area contributed by atoms with E-state index in [-0.39, 0.29) is 0 Å². The van der Waals surface area contributed by atoms with Crippen LogP contribution in [0.5, 0.6) is 5.75 Å². The normalized spacial score (nSPS) is 10.2. The van der Waals surface area contributed by atoms with E-state index in [9.17, 15) is 10.0 Å². The lowest BCUT2D eigenvalue weighted by Crippen LogP contribution is -2.25. The van der Waals surface area contributed by atoms with E-state index in [1.165, 1.54) is 12.5 Å². The zero-order valence-electron chi connectivity index (χ0n) is 12.2. The van der Waals surface area contributed by atoms with Crippen LogP contribution in [0.2, 0.25) is 0 Å². The lowest BCUT2D eigenvalue weighted by atomic mass is 10.0. The van der Waals surface area contributed by atoms with Gasteiger partial charge in [-0.3, -0.25) is 10.0 Å². The number of hydrogen-bond acceptors (Lipinski definition) is 3. The molecular weight excluding hydrogens is 266 g/mol. The second-order valence-corrected chi connectivity index (χ2v) is 4.81. The van der Waals surface area contributed by atoms with Gasteiger partial charge in [-0.05, 0) is 42.2 Å². The number of benzene rings is 2. The Morgan fingerprint density at radius 2 is 1.86 bits per heavy atom. The number of hydroxylamine groups is 1. The Morgan fingerprint density at radius 1 is 1.14 bits per heavy atom. The molecule has 0 aromatic heterocycles. The molecule has 0 atom stereocenters. The van der Waals surface area contributed by atoms with Crippen LogP contribution >= 0.6 is 0 Å². The summed E-state index contributed by atoms with van der Waals surface area (Å²) in [7, 11) is 1.59. The molecule has 0 saturated heterocycles. The Hall–Kier alpha value is -2.33. The van der Waals surface area contributed by atoms with Gasteiger partial charge in [0.2, 0.25) is 5.91 Å². The highest BCUT2D eigenvalue weighted by atomic mass is 16.5. The van der Waals surface area contributed by atoms with E-state index in [1.807, 2.05) is 24.3 Å². The quantitative estimate of drug-likeness (QED) is 0.678. The summed E-state index contributed by atoms with van der Waals surface area (Å²) in [5.41, 5.74) is 2.58. The van der Waals surface area contributed by atoms with E-state index in [4.69, 9.17) is 4.74 Å². The molecule has 2 aromatic carbocycles. The Balaban J connectivity index is 2.24. The van der Waals surface area contributed by atoms with Gasteiger partial charge < -0.3 is 4.74 Å². The maximum atomic E-state index is 11.4. The number of aryl methyl sites for hydroxylation is 2. The number of anilines is 1. The van der Waals surface area contributed by atoms with Crippen molar-refractivity contribution in [2.75, 3.05) is 12.2 Å². The van der Waals surface area contributed by atoms with Crippen LogP contribution in [0.25, 0.3) is 0 Å². The van der Waals surface area contributed by atoms with Crippen molar-refractivity contribution >= 4 is 11.6 Å². The van der Waals surface area contributed by atoms with Crippen LogP contribution in [0, 0.1) is 0 Å². The lowest BCUT2D eigenvalue weighted by Gasteiger charge is -2.18. The minimum absolute atomic E-state index is 0.416. The summed E-state index contributed by atoms with van der Waals surface area (Å²) < 4.78 is 5.22. The minimum atomic E-state index is -0.416. The average molecular weight is 285 g/mol. The van der Waals surface area contributed by atoms with Crippen molar-refractivity contribution in [3.8, 4) is 5.75 Å². The third-order valence-corrected chi connectivity index (χ3v) is 3.34. The summed E-state index contributed by atoms with van der Waals surface area (Å²) in [6, 6.07) is 15.4. The second-order valence-electron chi connectivity index (χ2n) is 4.81. The van der Waals surface area contributed by atoms with E-state index >= 15 is 0 Å². The fraction of sp³-hybridized carbons (Fsp3) is 0.235. The van der Waals surface area contributed by atoms with Crippen molar-refractivity contribution in [1.29, 1.82) is 0 Å². The second kappa shape index (κ2) is 6.90. The van der Waals surface area contributed by atoms with Gasteiger partial charge in [0.1, 0.15) is 5.75 Å². The van der Waals surface area contributed by atoms with Gasteiger partial charge in [0.25, 0.3) is 0 Å². The van der Waals surface area contributed by atoms with E-state index in [0.29, 0.717) is 22.9 Å². The van der Waals surface area contributed by atoms with E-state index in [0.717, 1.165) is 12.0 Å². The van der Waals surface area contributed by atoms with Gasteiger partial charge in [-0.2, -0.15) is 5.06 Å². The molecule has 0 bridgehead atoms. The first-order chi connectivity index (χ1) is 10.1. The number of methoxy groups -OCH3 is 1. The molecule has 0 fully saturated rings. The molecule has 0 radical (unpaired) electrons. The van der Waals surface area contributed by atoms with Crippen molar-refractivity contribution < 1.29 is 14.7 Å². The van der Waals surface area contributed by atoms with Crippen molar-refractivity contribution in [1.82, 2.24) is 0 Å². The van der Waals surface area contributed by atoms with Gasteiger partial charge in [0.15, 0.2) is 0 Å². The van der Waals surface area contributed by atoms with Gasteiger partial charge in [0.05, 0.1) is 12.8 Å². The molecule has 0 saturated carbocycles. The largest absolute Gasteiger partial charge is 0.497 e. The number of ether oxygens (including phenoxy) is 1. The van der Waals surface area contributed by atoms with Gasteiger partial charge in [0, 0.05) is 6.92 Å². The topological polar surface area (TPSA) is 49.8 Å². The summed E-state index contributed by atoms with van der Waals surface area (Å²) in [5.74, 6) is 0.292. The third kappa shape index (κ3) is 3.83. The van der Waals surface area contributed by atoms with Crippen molar-refractivity contribution in [3.63, 3.8) is 0 Å². The number of nitrogens with zero attached hydrogens (tertiary/aromatic N) is 1. The molecule has 1 N–H and O–H groups in total. The summed E-state index contributed by atoms with van der Waals surface area (Å²) >= 11 is 0. The molecule has 0 aliphatic rings. The van der Waals surface area contributed by atoms with E-state index in [2.05, 4.69) is 12.1 Å². The molecule has 0 spiro atoms. The average Bonchev–Trinajstić information content (AvgIpc) is 2.52. The highest BCUT2D eigenvalue weighted by Gasteiger charge is 2.14. The van der Waals surface area contributed by atoms with E-state index in [1.54, 1.807) is 19.2 Å². The van der Waals surface area contributed by atoms with Gasteiger partial charge in [-0.25, -0.2) is 0 Å². The van der Waals surface area contributed by atoms with Crippen LogP contribution in [0.15, 0.2) is 48.5 Å². The minimum Gasteiger partial charge on any atom is -0.497 e. The fourth-order valence-electron chi connectivity index (χ4n) is 2.19. The molecule has 0 aliphatic heterocycles. The Labute approximate surface area is 124 Å². The standard InChI is InChI=1S/C17H19NO3/c1-13(19)18(20)17-11-10-16(21-2)12-15(17)9-8-14-6-4-3-5-7-14/h3-7,10-12,20H,8-9H2,1-2H3. The van der Waals surface area contributed by atoms with Gasteiger partial charge >= 0.3 is 0 Å². The molecule has 2 aromatic rings. The molecule has 2 rings (SSSR count). The number of rotatable bonds is 5. The van der Waals surface area contributed by atoms with Crippen molar-refractivity contribution in [2.24, 2.45) is 0 Å². The van der Waals surface area contributed by atoms with Gasteiger partial charge in [-0.1, -0.05) is 30.3 Å². The Kier molecular flexibility index (Phi) is 4.95. The maximum absolute atomic E-state index is 11.4. The Bertz CT molecular complexity index is 611. The Morgan fingerprint density at radius 3 is 2.48 bits per heavy atom. The lowest BCUT2D eigenvalue weighted by molar-refractivity contribution is -0.121. The molecule has 4 nitrogen and oxygen atoms in total. The first-order valence-corrected chi connectivity index (χ1v) is 6.82. The molecule has 110 valence electrons. The molecular formula is C17H19NO3. The molecule has 1 amide bonds. The van der Waals surface area contributed by atoms with Gasteiger partial charge in [-0.15, -0.1) is 0 Å². The highest BCUT2D eigenvalue weighted by molar-refractivity contribution is 5.89. The number of carbonyl (C=O) groups excluding carboxylic acids is 1. The molecule has 4 heteroatoms. The number of carbonyl (C=O) groups is 1. The summed E-state index contributed by atoms with van der Waals surface area (Å²) in [4.78, 5) is 11.4. The number of amides is 1. The van der Waals surface area contributed by atoms with Crippen LogP contribution in [0.3, 0.4) is 0 Å². The van der Waals surface area contributed by atoms with Crippen LogP contribution in [-0.2, 0) is 17.6 Å². The molecule has 0 heterocycles. The van der Waals surface area contributed by atoms with Crippen LogP contribution in [0.1, 0.15) is 18.1 Å².